The number of hydrogen-bond acceptors (Lipinski definition) is 0. The Morgan fingerprint density at radius 1 is 1.00 bits per heavy atom. The normalized spacial score (nSPS) is 18.3. The zero-order valence-corrected chi connectivity index (χ0v) is 9.43. The summed E-state index contributed by atoms with van der Waals surface area (Å²) < 4.78 is 0. The summed E-state index contributed by atoms with van der Waals surface area (Å²) in [5.74, 6) is 0. The molecule has 1 N–H and O–H groups in total. The average Bonchev–Trinajstić information content (AvgIpc) is 1.94. The molecule has 0 aromatic carbocycles. The monoisotopic (exact) mass is 380 g/mol. The molecule has 0 aromatic rings. The third kappa shape index (κ3) is 5.10. The summed E-state index contributed by atoms with van der Waals surface area (Å²) in [5.41, 5.74) is 7.27. The molecule has 1 radical (unpaired) electrons. The first-order chi connectivity index (χ1) is 4.39. The average molecular weight is 380 g/mol. The van der Waals surface area contributed by atoms with E-state index in [9.17, 15) is 0 Å². The molecule has 0 atom stereocenters. The van der Waals surface area contributed by atoms with Crippen molar-refractivity contribution in [3.05, 3.63) is 5.73 Å². The van der Waals surface area contributed by atoms with Crippen LogP contribution in [0.5, 0.6) is 0 Å². The molecule has 1 rings (SSSR count). The van der Waals surface area contributed by atoms with E-state index in [0.717, 1.165) is 12.8 Å². The van der Waals surface area contributed by atoms with Gasteiger partial charge in [-0.2, -0.15) is 0 Å². The summed E-state index contributed by atoms with van der Waals surface area (Å²) in [6.45, 7) is 4.00. The van der Waals surface area contributed by atoms with Gasteiger partial charge < -0.3 is 5.73 Å². The molecular formula is C8H18EsN-. The Morgan fingerprint density at radius 3 is 1.60 bits per heavy atom. The molecule has 0 heterocycles. The van der Waals surface area contributed by atoms with Gasteiger partial charge in [0.25, 0.3) is 0 Å². The fourth-order valence-electron chi connectivity index (χ4n) is 1.10. The summed E-state index contributed by atoms with van der Waals surface area (Å²) in [4.78, 5) is 0. The van der Waals surface area contributed by atoms with Crippen molar-refractivity contribution in [3.8, 4) is 0 Å². The minimum absolute atomic E-state index is 0. The molecule has 0 amide bonds. The molecule has 0 aromatic heterocycles. The van der Waals surface area contributed by atoms with Crippen LogP contribution in [0.2, 0.25) is 0 Å². The standard InChI is InChI=1S/C6H12N.C2H6.Es/c7-6-4-2-1-3-5-6;1-2;/h6-7H,1-5H2;1-2H3;/q-1;;. The Labute approximate surface area is 58.6 Å². The first kappa shape index (κ1) is 11.7. The Hall–Kier alpha value is -1.04. The van der Waals surface area contributed by atoms with E-state index < -0.39 is 0 Å². The number of hydrogen-bond donors (Lipinski definition) is 0. The van der Waals surface area contributed by atoms with E-state index in [1.807, 2.05) is 13.8 Å². The minimum atomic E-state index is 0. The molecule has 1 aliphatic carbocycles. The summed E-state index contributed by atoms with van der Waals surface area (Å²) in [6.07, 6.45) is 6.28. The molecular weight excluding hydrogens is 362 g/mol. The fourth-order valence-corrected chi connectivity index (χ4v) is 1.10. The van der Waals surface area contributed by atoms with E-state index in [-0.39, 0.29) is 6.04 Å². The van der Waals surface area contributed by atoms with E-state index in [1.165, 1.54) is 19.3 Å². The van der Waals surface area contributed by atoms with Crippen LogP contribution in [0.3, 0.4) is 0 Å². The van der Waals surface area contributed by atoms with Gasteiger partial charge in [0.1, 0.15) is 0 Å². The molecule has 1 nitrogen and oxygen atoms in total. The largest absolute Gasteiger partial charge is 0.675 e. The first-order valence-corrected chi connectivity index (χ1v) is 4.11. The maximum absolute atomic E-state index is 7.27. The molecule has 0 saturated heterocycles. The smallest absolute Gasteiger partial charge is 0 e. The van der Waals surface area contributed by atoms with Crippen molar-refractivity contribution in [1.82, 2.24) is 0 Å². The second-order valence-corrected chi connectivity index (χ2v) is 2.33. The van der Waals surface area contributed by atoms with Gasteiger partial charge in [0.05, 0.1) is 0 Å². The van der Waals surface area contributed by atoms with Crippen LogP contribution in [0.1, 0.15) is 46.0 Å². The summed E-state index contributed by atoms with van der Waals surface area (Å²) >= 11 is 0. The Bertz CT molecular complexity index is 51.2. The van der Waals surface area contributed by atoms with Gasteiger partial charge in [-0.1, -0.05) is 46.0 Å². The van der Waals surface area contributed by atoms with Crippen molar-refractivity contribution in [2.24, 2.45) is 0 Å². The number of rotatable bonds is 0. The van der Waals surface area contributed by atoms with Gasteiger partial charge in [-0.05, 0) is 0 Å². The summed E-state index contributed by atoms with van der Waals surface area (Å²) in [5, 5.41) is 0. The minimum Gasteiger partial charge on any atom is -0.675 e. The zero-order valence-electron chi connectivity index (χ0n) is 6.91. The van der Waals surface area contributed by atoms with Gasteiger partial charge in [0.15, 0.2) is 0 Å². The molecule has 0 bridgehead atoms. The SMILES string of the molecule is CC.[Es].[NH-]C1CCCCC1. The second kappa shape index (κ2) is 7.96. The Morgan fingerprint density at radius 2 is 1.40 bits per heavy atom. The molecule has 0 unspecified atom stereocenters. The van der Waals surface area contributed by atoms with Crippen LogP contribution < -0.4 is 0 Å². The molecule has 1 aliphatic rings. The molecule has 2 heteroatoms. The third-order valence-electron chi connectivity index (χ3n) is 1.61. The van der Waals surface area contributed by atoms with Crippen LogP contribution >= 0.6 is 0 Å². The predicted octanol–water partition coefficient (Wildman–Crippen LogP) is 3.40. The third-order valence-corrected chi connectivity index (χ3v) is 1.61. The maximum Gasteiger partial charge on any atom is 0 e. The molecule has 10 heavy (non-hydrogen) atoms. The van der Waals surface area contributed by atoms with Gasteiger partial charge in [-0.3, -0.25) is 0 Å². The second-order valence-electron chi connectivity index (χ2n) is 2.33. The van der Waals surface area contributed by atoms with Crippen molar-refractivity contribution in [1.29, 1.82) is 0 Å². The van der Waals surface area contributed by atoms with Gasteiger partial charge in [0.2, 0.25) is 0 Å². The van der Waals surface area contributed by atoms with E-state index in [1.54, 1.807) is 0 Å². The Balaban J connectivity index is 0. The van der Waals surface area contributed by atoms with E-state index in [2.05, 4.69) is 0 Å². The van der Waals surface area contributed by atoms with E-state index in [4.69, 9.17) is 5.73 Å². The molecule has 0 aliphatic heterocycles. The van der Waals surface area contributed by atoms with Gasteiger partial charge in [-0.25, -0.2) is 0 Å². The molecule has 1 fully saturated rings. The summed E-state index contributed by atoms with van der Waals surface area (Å²) in [6, 6.07) is 0.286. The van der Waals surface area contributed by atoms with Crippen LogP contribution in [0, 0.1) is 0 Å². The van der Waals surface area contributed by atoms with Crippen molar-refractivity contribution in [3.63, 3.8) is 0 Å². The van der Waals surface area contributed by atoms with Gasteiger partial charge >= 0.3 is 0 Å². The zero-order chi connectivity index (χ0) is 7.11. The van der Waals surface area contributed by atoms with E-state index in [0.29, 0.717) is 0 Å². The molecule has 67 valence electrons. The molecule has 1 saturated carbocycles. The number of nitrogens with one attached hydrogen (secondary N) is 1. The topological polar surface area (TPSA) is 23.8 Å². The van der Waals surface area contributed by atoms with Crippen molar-refractivity contribution in [2.75, 3.05) is 0 Å². The van der Waals surface area contributed by atoms with Crippen LogP contribution in [0.4, 0.5) is 0 Å². The van der Waals surface area contributed by atoms with Crippen molar-refractivity contribution >= 4 is 0 Å². The Kier molecular flexibility index (Phi) is 9.33. The summed E-state index contributed by atoms with van der Waals surface area (Å²) in [7, 11) is 0. The first-order valence-electron chi connectivity index (χ1n) is 4.11. The van der Waals surface area contributed by atoms with Crippen molar-refractivity contribution < 1.29 is 0 Å². The van der Waals surface area contributed by atoms with Crippen LogP contribution in [-0.4, -0.2) is 6.04 Å². The van der Waals surface area contributed by atoms with E-state index >= 15 is 0 Å². The van der Waals surface area contributed by atoms with Crippen molar-refractivity contribution in [2.45, 2.75) is 52.0 Å². The van der Waals surface area contributed by atoms with Crippen LogP contribution in [0.25, 0.3) is 5.73 Å². The van der Waals surface area contributed by atoms with Gasteiger partial charge in [-0.15, -0.1) is 6.04 Å². The van der Waals surface area contributed by atoms with Crippen LogP contribution in [-0.2, 0) is 0 Å². The predicted molar refractivity (Wildman–Crippen MR) is 42.5 cm³/mol. The van der Waals surface area contributed by atoms with Crippen LogP contribution in [0.15, 0.2) is 0 Å². The molecule has 0 spiro atoms. The fraction of sp³-hybridized carbons (Fsp3) is 1.00. The van der Waals surface area contributed by atoms with Gasteiger partial charge in [0, 0.05) is 0 Å². The maximum atomic E-state index is 7.27. The quantitative estimate of drug-likeness (QED) is 0.615.